The van der Waals surface area contributed by atoms with Crippen LogP contribution in [0.4, 0.5) is 0 Å². The van der Waals surface area contributed by atoms with E-state index >= 15 is 0 Å². The Bertz CT molecular complexity index is 320. The Morgan fingerprint density at radius 3 is 2.79 bits per heavy atom. The van der Waals surface area contributed by atoms with Gasteiger partial charge in [0.25, 0.3) is 0 Å². The van der Waals surface area contributed by atoms with E-state index in [0.29, 0.717) is 12.0 Å². The number of nitrogens with two attached hydrogens (primary N) is 1. The first-order valence-electron chi connectivity index (χ1n) is 7.47. The minimum absolute atomic E-state index is 0.192. The maximum atomic E-state index is 12.1. The lowest BCUT2D eigenvalue weighted by molar-refractivity contribution is -0.127. The minimum atomic E-state index is -0.540. The van der Waals surface area contributed by atoms with Gasteiger partial charge in [-0.2, -0.15) is 0 Å². The number of nitrogens with zero attached hydrogens (tertiary/aromatic N) is 1. The van der Waals surface area contributed by atoms with Gasteiger partial charge in [-0.3, -0.25) is 9.69 Å². The molecule has 1 heterocycles. The van der Waals surface area contributed by atoms with Crippen molar-refractivity contribution in [3.63, 3.8) is 0 Å². The topological polar surface area (TPSA) is 67.6 Å². The molecule has 1 aliphatic carbocycles. The highest BCUT2D eigenvalue weighted by molar-refractivity contribution is 5.86. The Balaban J connectivity index is 2.09. The molecule has 1 aliphatic heterocycles. The van der Waals surface area contributed by atoms with E-state index in [-0.39, 0.29) is 5.91 Å². The van der Waals surface area contributed by atoms with Crippen molar-refractivity contribution in [3.05, 3.63) is 0 Å². The third kappa shape index (κ3) is 3.27. The van der Waals surface area contributed by atoms with Crippen LogP contribution in [0, 0.1) is 5.92 Å². The first-order chi connectivity index (χ1) is 9.10. The van der Waals surface area contributed by atoms with Gasteiger partial charge < -0.3 is 15.8 Å². The molecular weight excluding hydrogens is 242 g/mol. The number of morpholine rings is 1. The average Bonchev–Trinajstić information content (AvgIpc) is 3.21. The number of carbonyl (C=O) groups is 1. The monoisotopic (exact) mass is 269 g/mol. The lowest BCUT2D eigenvalue weighted by Crippen LogP contribution is -2.65. The molecule has 2 aliphatic rings. The van der Waals surface area contributed by atoms with Crippen LogP contribution in [0.2, 0.25) is 0 Å². The Kier molecular flexibility index (Phi) is 4.81. The molecule has 0 aromatic heterocycles. The predicted octanol–water partition coefficient (Wildman–Crippen LogP) is 0.341. The number of nitrogens with one attached hydrogen (secondary N) is 1. The molecule has 0 radical (unpaired) electrons. The molecule has 2 rings (SSSR count). The van der Waals surface area contributed by atoms with Crippen molar-refractivity contribution in [1.29, 1.82) is 0 Å². The van der Waals surface area contributed by atoms with Gasteiger partial charge in [-0.1, -0.05) is 6.92 Å². The van der Waals surface area contributed by atoms with Gasteiger partial charge in [0.1, 0.15) is 5.54 Å². The van der Waals surface area contributed by atoms with Crippen LogP contribution < -0.4 is 11.1 Å². The first kappa shape index (κ1) is 14.8. The van der Waals surface area contributed by atoms with Crippen LogP contribution in [0.15, 0.2) is 0 Å². The van der Waals surface area contributed by atoms with E-state index in [1.54, 1.807) is 0 Å². The molecule has 1 saturated carbocycles. The summed E-state index contributed by atoms with van der Waals surface area (Å²) >= 11 is 0. The normalized spacial score (nSPS) is 28.0. The van der Waals surface area contributed by atoms with Gasteiger partial charge >= 0.3 is 0 Å². The number of primary amides is 1. The summed E-state index contributed by atoms with van der Waals surface area (Å²) in [5.41, 5.74) is 5.22. The molecule has 0 aromatic carbocycles. The summed E-state index contributed by atoms with van der Waals surface area (Å²) in [6, 6.07) is 0.356. The molecule has 0 aromatic rings. The van der Waals surface area contributed by atoms with E-state index < -0.39 is 5.54 Å². The maximum Gasteiger partial charge on any atom is 0.239 e. The van der Waals surface area contributed by atoms with Crippen molar-refractivity contribution in [2.75, 3.05) is 32.8 Å². The standard InChI is InChI=1S/C14H27N3O2/c1-3-6-16-14(13(15)18,12-4-5-12)10-17-7-8-19-9-11(17)2/h11-12,16H,3-10H2,1-2H3,(H2,15,18). The average molecular weight is 269 g/mol. The highest BCUT2D eigenvalue weighted by atomic mass is 16.5. The fraction of sp³-hybridized carbons (Fsp3) is 0.929. The Hall–Kier alpha value is -0.650. The molecule has 5 nitrogen and oxygen atoms in total. The second-order valence-electron chi connectivity index (χ2n) is 5.93. The molecule has 2 fully saturated rings. The number of hydrogen-bond acceptors (Lipinski definition) is 4. The second kappa shape index (κ2) is 6.20. The molecule has 2 atom stereocenters. The van der Waals surface area contributed by atoms with Gasteiger partial charge in [0.05, 0.1) is 13.2 Å². The van der Waals surface area contributed by atoms with Gasteiger partial charge in [0.15, 0.2) is 0 Å². The minimum Gasteiger partial charge on any atom is -0.379 e. The molecule has 19 heavy (non-hydrogen) atoms. The Morgan fingerprint density at radius 2 is 2.26 bits per heavy atom. The van der Waals surface area contributed by atoms with Crippen LogP contribution in [0.1, 0.15) is 33.1 Å². The van der Waals surface area contributed by atoms with Crippen molar-refractivity contribution < 1.29 is 9.53 Å². The maximum absolute atomic E-state index is 12.1. The van der Waals surface area contributed by atoms with Crippen molar-refractivity contribution >= 4 is 5.91 Å². The van der Waals surface area contributed by atoms with Crippen LogP contribution >= 0.6 is 0 Å². The van der Waals surface area contributed by atoms with Crippen molar-refractivity contribution in [3.8, 4) is 0 Å². The van der Waals surface area contributed by atoms with E-state index in [1.165, 1.54) is 0 Å². The van der Waals surface area contributed by atoms with Gasteiger partial charge in [0.2, 0.25) is 5.91 Å². The van der Waals surface area contributed by atoms with Crippen LogP contribution in [-0.4, -0.2) is 55.2 Å². The molecule has 110 valence electrons. The number of ether oxygens (including phenoxy) is 1. The molecule has 0 spiro atoms. The van der Waals surface area contributed by atoms with Crippen LogP contribution in [0.25, 0.3) is 0 Å². The zero-order chi connectivity index (χ0) is 13.9. The van der Waals surface area contributed by atoms with E-state index in [0.717, 1.165) is 52.1 Å². The summed E-state index contributed by atoms with van der Waals surface area (Å²) in [7, 11) is 0. The smallest absolute Gasteiger partial charge is 0.239 e. The van der Waals surface area contributed by atoms with Crippen molar-refractivity contribution in [2.24, 2.45) is 11.7 Å². The molecule has 5 heteroatoms. The fourth-order valence-electron chi connectivity index (χ4n) is 2.94. The molecule has 1 saturated heterocycles. The largest absolute Gasteiger partial charge is 0.379 e. The van der Waals surface area contributed by atoms with Gasteiger partial charge in [-0.15, -0.1) is 0 Å². The van der Waals surface area contributed by atoms with Crippen LogP contribution in [0.3, 0.4) is 0 Å². The SMILES string of the molecule is CCCNC(CN1CCOCC1C)(C(N)=O)C1CC1. The zero-order valence-electron chi connectivity index (χ0n) is 12.2. The predicted molar refractivity (Wildman–Crippen MR) is 74.8 cm³/mol. The number of rotatable bonds is 7. The molecule has 2 unspecified atom stereocenters. The summed E-state index contributed by atoms with van der Waals surface area (Å²) in [4.78, 5) is 14.4. The van der Waals surface area contributed by atoms with E-state index in [9.17, 15) is 4.79 Å². The number of hydrogen-bond donors (Lipinski definition) is 2. The summed E-state index contributed by atoms with van der Waals surface area (Å²) in [6.45, 7) is 8.21. The molecular formula is C14H27N3O2. The molecule has 1 amide bonds. The summed E-state index contributed by atoms with van der Waals surface area (Å²) < 4.78 is 5.47. The van der Waals surface area contributed by atoms with Crippen LogP contribution in [0.5, 0.6) is 0 Å². The number of amides is 1. The third-order valence-corrected chi connectivity index (χ3v) is 4.36. The van der Waals surface area contributed by atoms with E-state index in [1.807, 2.05) is 0 Å². The molecule has 0 bridgehead atoms. The second-order valence-corrected chi connectivity index (χ2v) is 5.93. The van der Waals surface area contributed by atoms with E-state index in [4.69, 9.17) is 10.5 Å². The lowest BCUT2D eigenvalue weighted by Gasteiger charge is -2.41. The quantitative estimate of drug-likeness (QED) is 0.699. The van der Waals surface area contributed by atoms with Crippen molar-refractivity contribution in [2.45, 2.75) is 44.7 Å². The lowest BCUT2D eigenvalue weighted by atomic mass is 9.90. The zero-order valence-corrected chi connectivity index (χ0v) is 12.2. The van der Waals surface area contributed by atoms with E-state index in [2.05, 4.69) is 24.1 Å². The molecule has 3 N–H and O–H groups in total. The van der Waals surface area contributed by atoms with Crippen molar-refractivity contribution in [1.82, 2.24) is 10.2 Å². The Morgan fingerprint density at radius 1 is 1.53 bits per heavy atom. The third-order valence-electron chi connectivity index (χ3n) is 4.36. The first-order valence-corrected chi connectivity index (χ1v) is 7.47. The highest BCUT2D eigenvalue weighted by Gasteiger charge is 2.50. The Labute approximate surface area is 115 Å². The summed E-state index contributed by atoms with van der Waals surface area (Å²) in [6.07, 6.45) is 3.23. The van der Waals surface area contributed by atoms with Crippen LogP contribution in [-0.2, 0) is 9.53 Å². The number of carbonyl (C=O) groups excluding carboxylic acids is 1. The van der Waals surface area contributed by atoms with Gasteiger partial charge in [0, 0.05) is 19.1 Å². The van der Waals surface area contributed by atoms with Gasteiger partial charge in [-0.25, -0.2) is 0 Å². The summed E-state index contributed by atoms with van der Waals surface area (Å²) in [5, 5.41) is 3.46. The van der Waals surface area contributed by atoms with Gasteiger partial charge in [-0.05, 0) is 38.6 Å². The summed E-state index contributed by atoms with van der Waals surface area (Å²) in [5.74, 6) is 0.216. The highest BCUT2D eigenvalue weighted by Crippen LogP contribution is 2.40. The fourth-order valence-corrected chi connectivity index (χ4v) is 2.94.